The number of H-pyrrole nitrogens is 1. The topological polar surface area (TPSA) is 87.1 Å². The van der Waals surface area contributed by atoms with E-state index < -0.39 is 5.91 Å². The van der Waals surface area contributed by atoms with Crippen molar-refractivity contribution >= 4 is 49.6 Å². The fourth-order valence-electron chi connectivity index (χ4n) is 4.51. The second-order valence-corrected chi connectivity index (χ2v) is 9.89. The van der Waals surface area contributed by atoms with Gasteiger partial charge in [-0.25, -0.2) is 0 Å². The van der Waals surface area contributed by atoms with Gasteiger partial charge in [-0.3, -0.25) is 4.79 Å². The molecule has 0 aliphatic heterocycles. The zero-order chi connectivity index (χ0) is 27.2. The van der Waals surface area contributed by atoms with Gasteiger partial charge in [0.15, 0.2) is 11.5 Å². The summed E-state index contributed by atoms with van der Waals surface area (Å²) in [6.07, 6.45) is 4.14. The van der Waals surface area contributed by atoms with Crippen LogP contribution in [-0.2, 0) is 17.8 Å². The van der Waals surface area contributed by atoms with Crippen LogP contribution in [0.25, 0.3) is 27.8 Å². The average Bonchev–Trinajstić information content (AvgIpc) is 3.37. The molecule has 194 valence electrons. The number of benzene rings is 4. The summed E-state index contributed by atoms with van der Waals surface area (Å²) < 4.78 is 12.3. The normalized spacial score (nSPS) is 11.4. The van der Waals surface area contributed by atoms with Gasteiger partial charge in [-0.15, -0.1) is 0 Å². The third-order valence-electron chi connectivity index (χ3n) is 6.48. The molecule has 0 saturated heterocycles. The zero-order valence-corrected chi connectivity index (χ0v) is 22.9. The lowest BCUT2D eigenvalue weighted by molar-refractivity contribution is -0.117. The van der Waals surface area contributed by atoms with Gasteiger partial charge in [0.05, 0.1) is 11.6 Å². The molecule has 4 aromatic carbocycles. The molecule has 0 aliphatic rings. The van der Waals surface area contributed by atoms with E-state index in [0.29, 0.717) is 41.1 Å². The number of aromatic amines is 1. The largest absolute Gasteiger partial charge is 0.493 e. The average molecular weight is 580 g/mol. The fourth-order valence-corrected chi connectivity index (χ4v) is 5.08. The molecule has 1 aromatic heterocycles. The first-order valence-electron chi connectivity index (χ1n) is 12.5. The van der Waals surface area contributed by atoms with E-state index in [2.05, 4.69) is 50.5 Å². The summed E-state index contributed by atoms with van der Waals surface area (Å²) in [4.78, 5) is 16.0. The minimum absolute atomic E-state index is 0.00714. The molecule has 0 atom stereocenters. The Bertz CT molecular complexity index is 1730. The predicted molar refractivity (Wildman–Crippen MR) is 158 cm³/mol. The lowest BCUT2D eigenvalue weighted by Gasteiger charge is -2.14. The summed E-state index contributed by atoms with van der Waals surface area (Å²) >= 11 is 3.56. The number of hydrogen-bond acceptors (Lipinski definition) is 4. The van der Waals surface area contributed by atoms with Crippen molar-refractivity contribution in [2.45, 2.75) is 13.0 Å². The Kier molecular flexibility index (Phi) is 7.95. The molecule has 0 saturated carbocycles. The van der Waals surface area contributed by atoms with Crippen LogP contribution in [0.3, 0.4) is 0 Å². The SMILES string of the molecule is COc1cc(/C=C(/C#N)C(=O)NCCc2c[nH]c3ccccc23)cc(Br)c1OCc1ccc2ccccc2c1. The van der Waals surface area contributed by atoms with Crippen LogP contribution in [0.2, 0.25) is 0 Å². The summed E-state index contributed by atoms with van der Waals surface area (Å²) in [6, 6.07) is 28.0. The first-order chi connectivity index (χ1) is 19.1. The molecule has 6 nitrogen and oxygen atoms in total. The smallest absolute Gasteiger partial charge is 0.261 e. The van der Waals surface area contributed by atoms with Crippen LogP contribution in [-0.4, -0.2) is 24.5 Å². The van der Waals surface area contributed by atoms with Gasteiger partial charge in [0.2, 0.25) is 0 Å². The van der Waals surface area contributed by atoms with E-state index in [9.17, 15) is 10.1 Å². The van der Waals surface area contributed by atoms with Crippen LogP contribution in [0.4, 0.5) is 0 Å². The minimum Gasteiger partial charge on any atom is -0.493 e. The number of nitrogens with zero attached hydrogens (tertiary/aromatic N) is 1. The second-order valence-electron chi connectivity index (χ2n) is 9.04. The van der Waals surface area contributed by atoms with Crippen molar-refractivity contribution in [2.75, 3.05) is 13.7 Å². The van der Waals surface area contributed by atoms with Crippen molar-refractivity contribution in [3.8, 4) is 17.6 Å². The highest BCUT2D eigenvalue weighted by Gasteiger charge is 2.14. The molecule has 5 rings (SSSR count). The van der Waals surface area contributed by atoms with E-state index in [1.807, 2.05) is 54.7 Å². The van der Waals surface area contributed by atoms with Crippen molar-refractivity contribution in [3.05, 3.63) is 112 Å². The van der Waals surface area contributed by atoms with Crippen LogP contribution < -0.4 is 14.8 Å². The Morgan fingerprint density at radius 1 is 1.05 bits per heavy atom. The number of nitriles is 1. The van der Waals surface area contributed by atoms with E-state index in [4.69, 9.17) is 9.47 Å². The number of halogens is 1. The summed E-state index contributed by atoms with van der Waals surface area (Å²) in [7, 11) is 1.56. The van der Waals surface area contributed by atoms with Crippen molar-refractivity contribution < 1.29 is 14.3 Å². The molecule has 1 amide bonds. The molecular formula is C32H26BrN3O3. The van der Waals surface area contributed by atoms with Crippen molar-refractivity contribution in [1.82, 2.24) is 10.3 Å². The number of hydrogen-bond donors (Lipinski definition) is 2. The van der Waals surface area contributed by atoms with Gasteiger partial charge in [-0.1, -0.05) is 54.6 Å². The molecule has 0 unspecified atom stereocenters. The van der Waals surface area contributed by atoms with Crippen LogP contribution in [0.1, 0.15) is 16.7 Å². The number of amides is 1. The van der Waals surface area contributed by atoms with Crippen LogP contribution in [0.15, 0.2) is 95.1 Å². The van der Waals surface area contributed by atoms with Gasteiger partial charge in [-0.2, -0.15) is 5.26 Å². The predicted octanol–water partition coefficient (Wildman–Crippen LogP) is 6.94. The maximum Gasteiger partial charge on any atom is 0.261 e. The Labute approximate surface area is 235 Å². The summed E-state index contributed by atoms with van der Waals surface area (Å²) in [6.45, 7) is 0.769. The Morgan fingerprint density at radius 3 is 2.67 bits per heavy atom. The highest BCUT2D eigenvalue weighted by atomic mass is 79.9. The monoisotopic (exact) mass is 579 g/mol. The number of methoxy groups -OCH3 is 1. The van der Waals surface area contributed by atoms with Crippen molar-refractivity contribution in [3.63, 3.8) is 0 Å². The molecule has 5 aromatic rings. The Morgan fingerprint density at radius 2 is 1.85 bits per heavy atom. The third-order valence-corrected chi connectivity index (χ3v) is 7.07. The molecule has 1 heterocycles. The maximum atomic E-state index is 12.8. The lowest BCUT2D eigenvalue weighted by Crippen LogP contribution is -2.26. The second kappa shape index (κ2) is 11.9. The molecular weight excluding hydrogens is 554 g/mol. The zero-order valence-electron chi connectivity index (χ0n) is 21.3. The van der Waals surface area contributed by atoms with Gasteiger partial charge in [0, 0.05) is 23.6 Å². The number of carbonyl (C=O) groups is 1. The van der Waals surface area contributed by atoms with E-state index >= 15 is 0 Å². The van der Waals surface area contributed by atoms with Crippen molar-refractivity contribution in [1.29, 1.82) is 5.26 Å². The van der Waals surface area contributed by atoms with Crippen LogP contribution in [0, 0.1) is 11.3 Å². The summed E-state index contributed by atoms with van der Waals surface area (Å²) in [5.74, 6) is 0.613. The molecule has 0 bridgehead atoms. The first kappa shape index (κ1) is 26.1. The van der Waals surface area contributed by atoms with Gasteiger partial charge < -0.3 is 19.8 Å². The molecule has 0 fully saturated rings. The quantitative estimate of drug-likeness (QED) is 0.146. The number of fused-ring (bicyclic) bond motifs is 2. The lowest BCUT2D eigenvalue weighted by atomic mass is 10.1. The molecule has 0 aliphatic carbocycles. The standard InChI is InChI=1S/C32H26BrN3O3/c1-38-30-17-22(16-28(33)31(30)39-20-21-10-11-23-6-2-3-7-24(23)14-21)15-26(18-34)32(37)35-13-12-25-19-36-29-9-5-4-8-27(25)29/h2-11,14-17,19,36H,12-13,20H2,1H3,(H,35,37)/b26-15-. The fraction of sp³-hybridized carbons (Fsp3) is 0.125. The highest BCUT2D eigenvalue weighted by molar-refractivity contribution is 9.10. The number of ether oxygens (including phenoxy) is 2. The van der Waals surface area contributed by atoms with Gasteiger partial charge in [0.25, 0.3) is 5.91 Å². The van der Waals surface area contributed by atoms with Gasteiger partial charge in [0.1, 0.15) is 18.2 Å². The molecule has 0 radical (unpaired) electrons. The Balaban J connectivity index is 1.26. The number of nitrogens with one attached hydrogen (secondary N) is 2. The van der Waals surface area contributed by atoms with E-state index in [1.165, 1.54) is 5.39 Å². The number of carbonyl (C=O) groups excluding carboxylic acids is 1. The molecule has 2 N–H and O–H groups in total. The summed E-state index contributed by atoms with van der Waals surface area (Å²) in [5, 5.41) is 16.0. The van der Waals surface area contributed by atoms with Crippen LogP contribution >= 0.6 is 15.9 Å². The summed E-state index contributed by atoms with van der Waals surface area (Å²) in [5.41, 5.74) is 3.84. The van der Waals surface area contributed by atoms with E-state index in [1.54, 1.807) is 25.3 Å². The number of rotatable bonds is 9. The number of para-hydroxylation sites is 1. The first-order valence-corrected chi connectivity index (χ1v) is 13.3. The molecule has 7 heteroatoms. The van der Waals surface area contributed by atoms with Gasteiger partial charge in [-0.05, 0) is 80.2 Å². The Hall–Kier alpha value is -4.54. The number of aromatic nitrogens is 1. The minimum atomic E-state index is -0.427. The maximum absolute atomic E-state index is 12.8. The van der Waals surface area contributed by atoms with E-state index in [0.717, 1.165) is 27.4 Å². The van der Waals surface area contributed by atoms with Crippen LogP contribution in [0.5, 0.6) is 11.5 Å². The third kappa shape index (κ3) is 5.97. The van der Waals surface area contributed by atoms with Gasteiger partial charge >= 0.3 is 0 Å². The van der Waals surface area contributed by atoms with Crippen molar-refractivity contribution in [2.24, 2.45) is 0 Å². The highest BCUT2D eigenvalue weighted by Crippen LogP contribution is 2.38. The molecule has 0 spiro atoms. The van der Waals surface area contributed by atoms with E-state index in [-0.39, 0.29) is 5.57 Å². The molecule has 39 heavy (non-hydrogen) atoms.